The smallest absolute Gasteiger partial charge is 0.166 e. The number of Topliss-reactive ketones (excluding diaryl/α,β-unsaturated/α-hetero) is 1. The van der Waals surface area contributed by atoms with Crippen molar-refractivity contribution in [1.29, 1.82) is 0 Å². The van der Waals surface area contributed by atoms with Gasteiger partial charge in [-0.15, -0.1) is 0 Å². The molecule has 2 aliphatic carbocycles. The van der Waals surface area contributed by atoms with Crippen LogP contribution in [0, 0.1) is 5.92 Å². The van der Waals surface area contributed by atoms with E-state index < -0.39 is 0 Å². The van der Waals surface area contributed by atoms with Gasteiger partial charge in [-0.3, -0.25) is 24.7 Å². The minimum atomic E-state index is 0.213. The highest BCUT2D eigenvalue weighted by Crippen LogP contribution is 2.42. The van der Waals surface area contributed by atoms with E-state index >= 15 is 0 Å². The monoisotopic (exact) mass is 604 g/mol. The Kier molecular flexibility index (Phi) is 12.7. The van der Waals surface area contributed by atoms with Crippen LogP contribution >= 0.6 is 0 Å². The van der Waals surface area contributed by atoms with Crippen LogP contribution in [0.5, 0.6) is 0 Å². The number of carbonyl (C=O) groups excluding carboxylic acids is 1. The summed E-state index contributed by atoms with van der Waals surface area (Å²) in [7, 11) is 8.36. The van der Waals surface area contributed by atoms with Gasteiger partial charge in [-0.05, 0) is 89.1 Å². The van der Waals surface area contributed by atoms with Gasteiger partial charge in [0, 0.05) is 61.1 Å². The Bertz CT molecular complexity index is 1530. The molecule has 0 saturated heterocycles. The van der Waals surface area contributed by atoms with E-state index in [-0.39, 0.29) is 11.8 Å². The van der Waals surface area contributed by atoms with E-state index in [2.05, 4.69) is 88.0 Å². The molecule has 236 valence electrons. The maximum Gasteiger partial charge on any atom is 0.166 e. The number of hydrogen-bond acceptors (Lipinski definition) is 7. The third kappa shape index (κ3) is 9.46. The molecule has 7 heteroatoms. The highest BCUT2D eigenvalue weighted by Gasteiger charge is 2.29. The SMILES string of the molecule is CC(C1=C(CCN(C)C)Cc2ccccc21)c1cnccn1.CCc1cnccn1.CN(C)CCC1Cc2ccccc2C1=O. The van der Waals surface area contributed by atoms with Gasteiger partial charge in [0.1, 0.15) is 0 Å². The highest BCUT2D eigenvalue weighted by atomic mass is 16.1. The Labute approximate surface area is 269 Å². The van der Waals surface area contributed by atoms with E-state index in [9.17, 15) is 4.79 Å². The van der Waals surface area contributed by atoms with Crippen LogP contribution in [-0.2, 0) is 19.3 Å². The molecule has 0 radical (unpaired) electrons. The minimum Gasteiger partial charge on any atom is -0.309 e. The van der Waals surface area contributed by atoms with E-state index in [0.717, 1.165) is 62.1 Å². The number of fused-ring (bicyclic) bond motifs is 2. The predicted molar refractivity (Wildman–Crippen MR) is 183 cm³/mol. The Morgan fingerprint density at radius 3 is 2.02 bits per heavy atom. The number of aromatic nitrogens is 4. The van der Waals surface area contributed by atoms with Gasteiger partial charge in [0.15, 0.2) is 5.78 Å². The molecule has 2 heterocycles. The van der Waals surface area contributed by atoms with E-state index in [4.69, 9.17) is 0 Å². The maximum absolute atomic E-state index is 12.0. The molecule has 2 unspecified atom stereocenters. The molecular formula is C38H48N6O. The molecular weight excluding hydrogens is 556 g/mol. The van der Waals surface area contributed by atoms with Crippen molar-refractivity contribution in [3.05, 3.63) is 125 Å². The molecule has 2 aromatic heterocycles. The fourth-order valence-corrected chi connectivity index (χ4v) is 5.93. The number of ketones is 1. The summed E-state index contributed by atoms with van der Waals surface area (Å²) in [6, 6.07) is 16.8. The Morgan fingerprint density at radius 2 is 1.44 bits per heavy atom. The van der Waals surface area contributed by atoms with Crippen molar-refractivity contribution in [3.63, 3.8) is 0 Å². The molecule has 2 aliphatic rings. The molecule has 0 fully saturated rings. The van der Waals surface area contributed by atoms with Crippen molar-refractivity contribution in [1.82, 2.24) is 29.7 Å². The second kappa shape index (κ2) is 16.8. The molecule has 6 rings (SSSR count). The van der Waals surface area contributed by atoms with E-state index in [0.29, 0.717) is 5.78 Å². The van der Waals surface area contributed by atoms with Crippen molar-refractivity contribution < 1.29 is 4.79 Å². The number of rotatable bonds is 9. The molecule has 45 heavy (non-hydrogen) atoms. The van der Waals surface area contributed by atoms with Gasteiger partial charge in [-0.25, -0.2) is 0 Å². The van der Waals surface area contributed by atoms with Crippen LogP contribution in [0.2, 0.25) is 0 Å². The first-order valence-electron chi connectivity index (χ1n) is 16.0. The Morgan fingerprint density at radius 1 is 0.800 bits per heavy atom. The molecule has 0 amide bonds. The first kappa shape index (κ1) is 33.8. The molecule has 4 aromatic rings. The van der Waals surface area contributed by atoms with Gasteiger partial charge in [-0.2, -0.15) is 0 Å². The zero-order valence-electron chi connectivity index (χ0n) is 27.8. The summed E-state index contributed by atoms with van der Waals surface area (Å²) in [6.07, 6.45) is 15.6. The standard InChI is InChI=1S/C19H23N3.C13H17NO.C6H8N2/c1-14(18-13-20-9-10-21-18)19-16(8-11-22(2)3)12-15-6-4-5-7-17(15)19;1-14(2)8-7-11-9-10-5-3-4-6-12(10)13(11)15;1-2-6-5-7-3-4-8-6/h4-7,9-10,13-14H,8,11-12H2,1-3H3;3-6,11H,7-9H2,1-2H3;3-5H,2H2,1H3. The third-order valence-corrected chi connectivity index (χ3v) is 8.44. The van der Waals surface area contributed by atoms with E-state index in [1.54, 1.807) is 36.6 Å². The zero-order chi connectivity index (χ0) is 32.2. The summed E-state index contributed by atoms with van der Waals surface area (Å²) in [5.41, 5.74) is 10.1. The molecule has 0 N–H and O–H groups in total. The van der Waals surface area contributed by atoms with E-state index in [1.807, 2.05) is 38.5 Å². The number of nitrogens with zero attached hydrogens (tertiary/aromatic N) is 6. The van der Waals surface area contributed by atoms with Crippen LogP contribution in [0.25, 0.3) is 5.57 Å². The van der Waals surface area contributed by atoms with Crippen molar-refractivity contribution in [2.24, 2.45) is 5.92 Å². The summed E-state index contributed by atoms with van der Waals surface area (Å²) in [4.78, 5) is 33.1. The number of allylic oxidation sites excluding steroid dienone is 1. The summed E-state index contributed by atoms with van der Waals surface area (Å²) >= 11 is 0. The molecule has 0 bridgehead atoms. The topological polar surface area (TPSA) is 75.1 Å². The lowest BCUT2D eigenvalue weighted by molar-refractivity contribution is 0.0925. The summed E-state index contributed by atoms with van der Waals surface area (Å²) in [5.74, 6) is 0.840. The summed E-state index contributed by atoms with van der Waals surface area (Å²) < 4.78 is 0. The van der Waals surface area contributed by atoms with E-state index in [1.165, 1.54) is 22.3 Å². The van der Waals surface area contributed by atoms with Gasteiger partial charge in [0.25, 0.3) is 0 Å². The van der Waals surface area contributed by atoms with Gasteiger partial charge >= 0.3 is 0 Å². The normalized spacial score (nSPS) is 15.6. The molecule has 0 spiro atoms. The lowest BCUT2D eigenvalue weighted by Crippen LogP contribution is -2.19. The van der Waals surface area contributed by atoms with Crippen LogP contribution < -0.4 is 0 Å². The molecule has 2 atom stereocenters. The van der Waals surface area contributed by atoms with Crippen LogP contribution in [0.3, 0.4) is 0 Å². The van der Waals surface area contributed by atoms with Crippen molar-refractivity contribution in [2.45, 2.75) is 51.9 Å². The predicted octanol–water partition coefficient (Wildman–Crippen LogP) is 6.57. The Balaban J connectivity index is 0.000000172. The number of carbonyl (C=O) groups is 1. The summed E-state index contributed by atoms with van der Waals surface area (Å²) in [5, 5.41) is 0. The fraction of sp³-hybridized carbons (Fsp3) is 0.395. The maximum atomic E-state index is 12.0. The number of aryl methyl sites for hydroxylation is 1. The molecule has 2 aromatic carbocycles. The van der Waals surface area contributed by atoms with Crippen LogP contribution in [-0.4, -0.2) is 76.8 Å². The largest absolute Gasteiger partial charge is 0.309 e. The van der Waals surface area contributed by atoms with Crippen LogP contribution in [0.4, 0.5) is 0 Å². The second-order valence-electron chi connectivity index (χ2n) is 12.3. The van der Waals surface area contributed by atoms with Crippen molar-refractivity contribution >= 4 is 11.4 Å². The molecule has 0 aliphatic heterocycles. The van der Waals surface area contributed by atoms with Gasteiger partial charge in [-0.1, -0.05) is 68.0 Å². The highest BCUT2D eigenvalue weighted by molar-refractivity contribution is 6.02. The molecule has 0 saturated carbocycles. The zero-order valence-corrected chi connectivity index (χ0v) is 27.8. The number of hydrogen-bond donors (Lipinski definition) is 0. The minimum absolute atomic E-state index is 0.213. The third-order valence-electron chi connectivity index (χ3n) is 8.44. The van der Waals surface area contributed by atoms with Crippen LogP contribution in [0.15, 0.2) is 91.3 Å². The van der Waals surface area contributed by atoms with Gasteiger partial charge in [0.2, 0.25) is 0 Å². The summed E-state index contributed by atoms with van der Waals surface area (Å²) in [6.45, 7) is 6.38. The quantitative estimate of drug-likeness (QED) is 0.214. The molecule has 7 nitrogen and oxygen atoms in total. The lowest BCUT2D eigenvalue weighted by Gasteiger charge is -2.17. The second-order valence-corrected chi connectivity index (χ2v) is 12.3. The van der Waals surface area contributed by atoms with Crippen molar-refractivity contribution in [2.75, 3.05) is 41.3 Å². The van der Waals surface area contributed by atoms with Crippen LogP contribution in [0.1, 0.15) is 71.0 Å². The Hall–Kier alpha value is -4.07. The fourth-order valence-electron chi connectivity index (χ4n) is 5.93. The lowest BCUT2D eigenvalue weighted by atomic mass is 9.90. The first-order valence-corrected chi connectivity index (χ1v) is 16.0. The van der Waals surface area contributed by atoms with Crippen molar-refractivity contribution in [3.8, 4) is 0 Å². The van der Waals surface area contributed by atoms with Gasteiger partial charge < -0.3 is 9.80 Å². The average Bonchev–Trinajstić information content (AvgIpc) is 3.60. The average molecular weight is 605 g/mol. The van der Waals surface area contributed by atoms with Gasteiger partial charge in [0.05, 0.1) is 11.4 Å². The first-order chi connectivity index (χ1) is 21.8. The number of benzene rings is 2.